The standard InChI is InChI=1S/C14H16FNO2S/c1-8(17)14(2,3)16-13(18)12-7-9-10(15)5-4-6-11(9)19-12/h4-8,17H,1-3H3,(H,16,18). The molecule has 0 aliphatic heterocycles. The molecular formula is C14H16FNO2S. The highest BCUT2D eigenvalue weighted by Gasteiger charge is 2.27. The van der Waals surface area contributed by atoms with Gasteiger partial charge < -0.3 is 10.4 Å². The number of amides is 1. The molecule has 102 valence electrons. The Morgan fingerprint density at radius 3 is 2.74 bits per heavy atom. The lowest BCUT2D eigenvalue weighted by molar-refractivity contribution is 0.0713. The number of aliphatic hydroxyl groups excluding tert-OH is 1. The molecule has 2 aromatic rings. The van der Waals surface area contributed by atoms with Gasteiger partial charge in [-0.05, 0) is 39.0 Å². The molecule has 3 nitrogen and oxygen atoms in total. The molecule has 0 saturated heterocycles. The molecule has 5 heteroatoms. The summed E-state index contributed by atoms with van der Waals surface area (Å²) in [5.41, 5.74) is -0.730. The lowest BCUT2D eigenvalue weighted by Crippen LogP contribution is -2.50. The van der Waals surface area contributed by atoms with Crippen LogP contribution in [0.2, 0.25) is 0 Å². The van der Waals surface area contributed by atoms with Crippen molar-refractivity contribution >= 4 is 27.3 Å². The Bertz CT molecular complexity index is 619. The summed E-state index contributed by atoms with van der Waals surface area (Å²) in [6.07, 6.45) is -0.678. The molecule has 0 fully saturated rings. The van der Waals surface area contributed by atoms with Crippen LogP contribution < -0.4 is 5.32 Å². The van der Waals surface area contributed by atoms with Crippen molar-refractivity contribution in [3.05, 3.63) is 35.0 Å². The van der Waals surface area contributed by atoms with Gasteiger partial charge in [0.1, 0.15) is 5.82 Å². The van der Waals surface area contributed by atoms with Gasteiger partial charge in [-0.3, -0.25) is 4.79 Å². The molecule has 0 saturated carbocycles. The van der Waals surface area contributed by atoms with Gasteiger partial charge in [-0.2, -0.15) is 0 Å². The Morgan fingerprint density at radius 1 is 1.47 bits per heavy atom. The topological polar surface area (TPSA) is 49.3 Å². The zero-order chi connectivity index (χ0) is 14.2. The highest BCUT2D eigenvalue weighted by molar-refractivity contribution is 7.20. The highest BCUT2D eigenvalue weighted by Crippen LogP contribution is 2.28. The van der Waals surface area contributed by atoms with Gasteiger partial charge in [0, 0.05) is 10.1 Å². The molecule has 0 radical (unpaired) electrons. The van der Waals surface area contributed by atoms with Crippen LogP contribution in [0.4, 0.5) is 4.39 Å². The number of thiophene rings is 1. The molecule has 1 unspecified atom stereocenters. The third-order valence-corrected chi connectivity index (χ3v) is 4.31. The Kier molecular flexibility index (Phi) is 3.60. The molecule has 0 aliphatic carbocycles. The molecule has 1 heterocycles. The Labute approximate surface area is 115 Å². The van der Waals surface area contributed by atoms with Gasteiger partial charge in [0.25, 0.3) is 5.91 Å². The van der Waals surface area contributed by atoms with E-state index < -0.39 is 11.6 Å². The Balaban J connectivity index is 2.30. The van der Waals surface area contributed by atoms with E-state index in [0.29, 0.717) is 10.3 Å². The second kappa shape index (κ2) is 4.90. The van der Waals surface area contributed by atoms with Crippen LogP contribution in [0.3, 0.4) is 0 Å². The third kappa shape index (κ3) is 2.77. The number of hydrogen-bond donors (Lipinski definition) is 2. The van der Waals surface area contributed by atoms with E-state index in [-0.39, 0.29) is 11.7 Å². The number of hydrogen-bond acceptors (Lipinski definition) is 3. The van der Waals surface area contributed by atoms with Crippen molar-refractivity contribution in [1.82, 2.24) is 5.32 Å². The summed E-state index contributed by atoms with van der Waals surface area (Å²) in [5, 5.41) is 12.8. The van der Waals surface area contributed by atoms with E-state index in [9.17, 15) is 14.3 Å². The van der Waals surface area contributed by atoms with Crippen LogP contribution in [0.1, 0.15) is 30.4 Å². The maximum Gasteiger partial charge on any atom is 0.261 e. The second-order valence-corrected chi connectivity index (χ2v) is 6.20. The summed E-state index contributed by atoms with van der Waals surface area (Å²) in [6, 6.07) is 6.31. The van der Waals surface area contributed by atoms with Crippen molar-refractivity contribution in [1.29, 1.82) is 0 Å². The number of nitrogens with one attached hydrogen (secondary N) is 1. The first-order chi connectivity index (χ1) is 8.81. The quantitative estimate of drug-likeness (QED) is 0.908. The minimum absolute atomic E-state index is 0.300. The van der Waals surface area contributed by atoms with Crippen LogP contribution in [0.15, 0.2) is 24.3 Å². The smallest absolute Gasteiger partial charge is 0.261 e. The fraction of sp³-hybridized carbons (Fsp3) is 0.357. The van der Waals surface area contributed by atoms with Crippen LogP contribution in [0.5, 0.6) is 0 Å². The summed E-state index contributed by atoms with van der Waals surface area (Å²) in [4.78, 5) is 12.6. The fourth-order valence-electron chi connectivity index (χ4n) is 1.60. The molecule has 0 bridgehead atoms. The molecule has 2 rings (SSSR count). The van der Waals surface area contributed by atoms with Gasteiger partial charge >= 0.3 is 0 Å². The lowest BCUT2D eigenvalue weighted by atomic mass is 9.99. The monoisotopic (exact) mass is 281 g/mol. The number of carbonyl (C=O) groups is 1. The largest absolute Gasteiger partial charge is 0.391 e. The highest BCUT2D eigenvalue weighted by atomic mass is 32.1. The van der Waals surface area contributed by atoms with Gasteiger partial charge in [0.05, 0.1) is 16.5 Å². The molecule has 1 aromatic heterocycles. The van der Waals surface area contributed by atoms with Crippen molar-refractivity contribution in [2.45, 2.75) is 32.4 Å². The molecule has 19 heavy (non-hydrogen) atoms. The van der Waals surface area contributed by atoms with Gasteiger partial charge in [-0.15, -0.1) is 11.3 Å². The molecule has 1 atom stereocenters. The van der Waals surface area contributed by atoms with Gasteiger partial charge in [0.15, 0.2) is 0 Å². The van der Waals surface area contributed by atoms with Crippen LogP contribution >= 0.6 is 11.3 Å². The summed E-state index contributed by atoms with van der Waals surface area (Å²) in [5.74, 6) is -0.630. The maximum atomic E-state index is 13.6. The van der Waals surface area contributed by atoms with Crippen LogP contribution in [0, 0.1) is 5.82 Å². The zero-order valence-corrected chi connectivity index (χ0v) is 11.8. The normalized spacial score (nSPS) is 13.5. The van der Waals surface area contributed by atoms with E-state index in [4.69, 9.17) is 0 Å². The SMILES string of the molecule is CC(O)C(C)(C)NC(=O)c1cc2c(F)cccc2s1. The average Bonchev–Trinajstić information content (AvgIpc) is 2.73. The number of carbonyl (C=O) groups excluding carboxylic acids is 1. The van der Waals surface area contributed by atoms with Crippen LogP contribution in [-0.2, 0) is 0 Å². The zero-order valence-electron chi connectivity index (χ0n) is 11.0. The van der Waals surface area contributed by atoms with E-state index in [2.05, 4.69) is 5.32 Å². The molecular weight excluding hydrogens is 265 g/mol. The van der Waals surface area contributed by atoms with E-state index in [1.807, 2.05) is 0 Å². The first-order valence-corrected chi connectivity index (χ1v) is 6.81. The van der Waals surface area contributed by atoms with Crippen molar-refractivity contribution < 1.29 is 14.3 Å². The molecule has 1 aromatic carbocycles. The van der Waals surface area contributed by atoms with Crippen molar-refractivity contribution in [2.24, 2.45) is 0 Å². The Morgan fingerprint density at radius 2 is 2.16 bits per heavy atom. The minimum atomic E-state index is -0.730. The molecule has 2 N–H and O–H groups in total. The average molecular weight is 281 g/mol. The summed E-state index contributed by atoms with van der Waals surface area (Å²) in [7, 11) is 0. The Hall–Kier alpha value is -1.46. The maximum absolute atomic E-state index is 13.6. The summed E-state index contributed by atoms with van der Waals surface area (Å²) in [6.45, 7) is 5.10. The predicted molar refractivity (Wildman–Crippen MR) is 75.0 cm³/mol. The van der Waals surface area contributed by atoms with Gasteiger partial charge in [0.2, 0.25) is 0 Å². The lowest BCUT2D eigenvalue weighted by Gasteiger charge is -2.29. The van der Waals surface area contributed by atoms with E-state index in [1.165, 1.54) is 17.4 Å². The van der Waals surface area contributed by atoms with Crippen LogP contribution in [-0.4, -0.2) is 22.7 Å². The third-order valence-electron chi connectivity index (χ3n) is 3.21. The van der Waals surface area contributed by atoms with Crippen molar-refractivity contribution in [3.63, 3.8) is 0 Å². The van der Waals surface area contributed by atoms with Crippen LogP contribution in [0.25, 0.3) is 10.1 Å². The molecule has 0 aliphatic rings. The minimum Gasteiger partial charge on any atom is -0.391 e. The van der Waals surface area contributed by atoms with Crippen molar-refractivity contribution in [3.8, 4) is 0 Å². The van der Waals surface area contributed by atoms with E-state index >= 15 is 0 Å². The first kappa shape index (κ1) is 14.0. The first-order valence-electron chi connectivity index (χ1n) is 6.00. The number of fused-ring (bicyclic) bond motifs is 1. The fourth-order valence-corrected chi connectivity index (χ4v) is 2.57. The van der Waals surface area contributed by atoms with Gasteiger partial charge in [-0.1, -0.05) is 6.07 Å². The number of benzene rings is 1. The number of rotatable bonds is 3. The number of aliphatic hydroxyl groups is 1. The van der Waals surface area contributed by atoms with Crippen molar-refractivity contribution in [2.75, 3.05) is 0 Å². The summed E-state index contributed by atoms with van der Waals surface area (Å²) >= 11 is 1.24. The van der Waals surface area contributed by atoms with E-state index in [1.54, 1.807) is 39.0 Å². The summed E-state index contributed by atoms with van der Waals surface area (Å²) < 4.78 is 14.3. The van der Waals surface area contributed by atoms with E-state index in [0.717, 1.165) is 4.70 Å². The number of halogens is 1. The second-order valence-electron chi connectivity index (χ2n) is 5.11. The molecule has 0 spiro atoms. The predicted octanol–water partition coefficient (Wildman–Crippen LogP) is 2.93. The molecule has 1 amide bonds. The van der Waals surface area contributed by atoms with Gasteiger partial charge in [-0.25, -0.2) is 4.39 Å².